The van der Waals surface area contributed by atoms with Crippen LogP contribution >= 0.6 is 0 Å². The summed E-state index contributed by atoms with van der Waals surface area (Å²) < 4.78 is 0. The molecule has 1 saturated heterocycles. The number of hydrogen-bond acceptors (Lipinski definition) is 4. The Morgan fingerprint density at radius 2 is 1.78 bits per heavy atom. The summed E-state index contributed by atoms with van der Waals surface area (Å²) in [7, 11) is 4.21. The van der Waals surface area contributed by atoms with Gasteiger partial charge in [-0.3, -0.25) is 0 Å². The highest BCUT2D eigenvalue weighted by atomic mass is 15.2. The van der Waals surface area contributed by atoms with E-state index in [1.54, 1.807) is 0 Å². The van der Waals surface area contributed by atoms with E-state index < -0.39 is 0 Å². The van der Waals surface area contributed by atoms with Crippen molar-refractivity contribution in [3.8, 4) is 11.1 Å². The van der Waals surface area contributed by atoms with Crippen molar-refractivity contribution in [1.29, 1.82) is 0 Å². The Morgan fingerprint density at radius 3 is 2.56 bits per heavy atom. The Balaban J connectivity index is 1.68. The average molecular weight is 361 g/mol. The molecule has 0 bridgehead atoms. The minimum atomic E-state index is 0.955. The van der Waals surface area contributed by atoms with Crippen molar-refractivity contribution in [3.05, 3.63) is 59.7 Å². The average Bonchev–Trinajstić information content (AvgIpc) is 2.67. The molecule has 0 saturated carbocycles. The van der Waals surface area contributed by atoms with Crippen LogP contribution in [0, 0.1) is 6.92 Å². The number of pyridine rings is 1. The normalized spacial score (nSPS) is 14.9. The van der Waals surface area contributed by atoms with Gasteiger partial charge in [-0.25, -0.2) is 4.98 Å². The van der Waals surface area contributed by atoms with Crippen molar-refractivity contribution < 1.29 is 0 Å². The highest BCUT2D eigenvalue weighted by molar-refractivity contribution is 5.86. The lowest BCUT2D eigenvalue weighted by Crippen LogP contribution is -2.44. The van der Waals surface area contributed by atoms with Gasteiger partial charge in [-0.1, -0.05) is 24.3 Å². The van der Waals surface area contributed by atoms with Gasteiger partial charge in [-0.05, 0) is 67.5 Å². The van der Waals surface area contributed by atoms with Crippen LogP contribution in [-0.2, 0) is 6.54 Å². The van der Waals surface area contributed by atoms with Gasteiger partial charge in [-0.15, -0.1) is 0 Å². The van der Waals surface area contributed by atoms with E-state index in [1.807, 2.05) is 0 Å². The third-order valence-corrected chi connectivity index (χ3v) is 5.15. The van der Waals surface area contributed by atoms with E-state index in [2.05, 4.69) is 84.7 Å². The van der Waals surface area contributed by atoms with Crippen molar-refractivity contribution in [1.82, 2.24) is 15.2 Å². The quantitative estimate of drug-likeness (QED) is 0.769. The largest absolute Gasteiger partial charge is 0.354 e. The van der Waals surface area contributed by atoms with Gasteiger partial charge in [0.2, 0.25) is 0 Å². The van der Waals surface area contributed by atoms with E-state index in [-0.39, 0.29) is 0 Å². The lowest BCUT2D eigenvalue weighted by molar-refractivity contribution is 0.402. The first-order chi connectivity index (χ1) is 13.1. The van der Waals surface area contributed by atoms with Gasteiger partial charge in [-0.2, -0.15) is 0 Å². The molecule has 0 unspecified atom stereocenters. The van der Waals surface area contributed by atoms with Crippen molar-refractivity contribution in [2.24, 2.45) is 0 Å². The second kappa shape index (κ2) is 7.67. The molecule has 1 aliphatic rings. The topological polar surface area (TPSA) is 31.4 Å². The standard InChI is InChI=1S/C23H28N4/c1-17-13-21-15-20(19-6-4-5-18(14-19)16-26(2)3)7-8-22(21)25-23(17)27-11-9-24-10-12-27/h4-8,13-15,24H,9-12,16H2,1-3H3. The predicted octanol–water partition coefficient (Wildman–Crippen LogP) is 3.68. The predicted molar refractivity (Wildman–Crippen MR) is 114 cm³/mol. The fourth-order valence-electron chi connectivity index (χ4n) is 3.86. The fourth-order valence-corrected chi connectivity index (χ4v) is 3.86. The Kier molecular flexibility index (Phi) is 5.10. The van der Waals surface area contributed by atoms with Crippen molar-refractivity contribution in [3.63, 3.8) is 0 Å². The SMILES string of the molecule is Cc1cc2cc(-c3cccc(CN(C)C)c3)ccc2nc1N1CCNCC1. The number of rotatable bonds is 4. The van der Waals surface area contributed by atoms with E-state index in [9.17, 15) is 0 Å². The molecule has 140 valence electrons. The molecular weight excluding hydrogens is 332 g/mol. The molecule has 27 heavy (non-hydrogen) atoms. The van der Waals surface area contributed by atoms with Crippen LogP contribution < -0.4 is 10.2 Å². The third-order valence-electron chi connectivity index (χ3n) is 5.15. The smallest absolute Gasteiger partial charge is 0.132 e. The molecule has 1 N–H and O–H groups in total. The Labute approximate surface area is 161 Å². The first-order valence-electron chi connectivity index (χ1n) is 9.71. The van der Waals surface area contributed by atoms with Gasteiger partial charge in [0.05, 0.1) is 5.52 Å². The molecule has 4 nitrogen and oxygen atoms in total. The first-order valence-corrected chi connectivity index (χ1v) is 9.71. The monoisotopic (exact) mass is 360 g/mol. The number of piperazine rings is 1. The lowest BCUT2D eigenvalue weighted by Gasteiger charge is -2.29. The van der Waals surface area contributed by atoms with Crippen LogP contribution in [0.5, 0.6) is 0 Å². The molecule has 0 aliphatic carbocycles. The number of hydrogen-bond donors (Lipinski definition) is 1. The van der Waals surface area contributed by atoms with E-state index in [0.29, 0.717) is 0 Å². The van der Waals surface area contributed by atoms with E-state index in [0.717, 1.165) is 44.1 Å². The van der Waals surface area contributed by atoms with E-state index >= 15 is 0 Å². The van der Waals surface area contributed by atoms with Crippen LogP contribution in [0.25, 0.3) is 22.0 Å². The second-order valence-electron chi connectivity index (χ2n) is 7.71. The number of nitrogens with one attached hydrogen (secondary N) is 1. The zero-order chi connectivity index (χ0) is 18.8. The second-order valence-corrected chi connectivity index (χ2v) is 7.71. The molecule has 1 aliphatic heterocycles. The van der Waals surface area contributed by atoms with Gasteiger partial charge in [0.15, 0.2) is 0 Å². The zero-order valence-electron chi connectivity index (χ0n) is 16.5. The number of nitrogens with zero attached hydrogens (tertiary/aromatic N) is 3. The van der Waals surface area contributed by atoms with Crippen LogP contribution in [0.15, 0.2) is 48.5 Å². The summed E-state index contributed by atoms with van der Waals surface area (Å²) in [5.74, 6) is 1.13. The van der Waals surface area contributed by atoms with Crippen molar-refractivity contribution >= 4 is 16.7 Å². The third kappa shape index (κ3) is 3.97. The maximum Gasteiger partial charge on any atom is 0.132 e. The Hall–Kier alpha value is -2.43. The molecule has 0 spiro atoms. The van der Waals surface area contributed by atoms with Crippen LogP contribution in [-0.4, -0.2) is 50.2 Å². The minimum absolute atomic E-state index is 0.955. The molecule has 2 heterocycles. The van der Waals surface area contributed by atoms with Gasteiger partial charge >= 0.3 is 0 Å². The molecular formula is C23H28N4. The van der Waals surface area contributed by atoms with Gasteiger partial charge < -0.3 is 15.1 Å². The van der Waals surface area contributed by atoms with Gasteiger partial charge in [0.1, 0.15) is 5.82 Å². The summed E-state index contributed by atoms with van der Waals surface area (Å²) in [5.41, 5.74) is 6.17. The highest BCUT2D eigenvalue weighted by Gasteiger charge is 2.15. The molecule has 2 aromatic carbocycles. The number of aromatic nitrogens is 1. The summed E-state index contributed by atoms with van der Waals surface area (Å²) in [6.45, 7) is 7.24. The fraction of sp³-hybridized carbons (Fsp3) is 0.348. The van der Waals surface area contributed by atoms with Crippen LogP contribution in [0.3, 0.4) is 0 Å². The maximum atomic E-state index is 4.98. The van der Waals surface area contributed by atoms with Crippen LogP contribution in [0.1, 0.15) is 11.1 Å². The number of anilines is 1. The van der Waals surface area contributed by atoms with Crippen molar-refractivity contribution in [2.45, 2.75) is 13.5 Å². The van der Waals surface area contributed by atoms with E-state index in [4.69, 9.17) is 4.98 Å². The summed E-state index contributed by atoms with van der Waals surface area (Å²) >= 11 is 0. The molecule has 3 aromatic rings. The molecule has 1 aromatic heterocycles. The van der Waals surface area contributed by atoms with Crippen molar-refractivity contribution in [2.75, 3.05) is 45.2 Å². The maximum absolute atomic E-state index is 4.98. The summed E-state index contributed by atoms with van der Waals surface area (Å²) in [4.78, 5) is 9.57. The molecule has 0 radical (unpaired) electrons. The molecule has 0 atom stereocenters. The first kappa shape index (κ1) is 18.0. The summed E-state index contributed by atoms with van der Waals surface area (Å²) in [6.07, 6.45) is 0. The number of benzene rings is 2. The van der Waals surface area contributed by atoms with Crippen LogP contribution in [0.2, 0.25) is 0 Å². The lowest BCUT2D eigenvalue weighted by atomic mass is 10.0. The summed E-state index contributed by atoms with van der Waals surface area (Å²) in [6, 6.07) is 17.7. The van der Waals surface area contributed by atoms with Crippen LogP contribution in [0.4, 0.5) is 5.82 Å². The number of fused-ring (bicyclic) bond motifs is 1. The molecule has 1 fully saturated rings. The molecule has 0 amide bonds. The summed E-state index contributed by atoms with van der Waals surface area (Å²) in [5, 5.41) is 4.62. The van der Waals surface area contributed by atoms with Gasteiger partial charge in [0.25, 0.3) is 0 Å². The molecule has 4 rings (SSSR count). The van der Waals surface area contributed by atoms with Gasteiger partial charge in [0, 0.05) is 38.1 Å². The minimum Gasteiger partial charge on any atom is -0.354 e. The van der Waals surface area contributed by atoms with E-state index in [1.165, 1.54) is 27.6 Å². The number of aryl methyl sites for hydroxylation is 1. The Morgan fingerprint density at radius 1 is 1.00 bits per heavy atom. The zero-order valence-corrected chi connectivity index (χ0v) is 16.5. The highest BCUT2D eigenvalue weighted by Crippen LogP contribution is 2.28. The molecule has 4 heteroatoms. The Bertz CT molecular complexity index is 942.